The van der Waals surface area contributed by atoms with E-state index in [1.807, 2.05) is 26.2 Å². The number of thiazole rings is 1. The first kappa shape index (κ1) is 15.6. The Kier molecular flexibility index (Phi) is 5.95. The second kappa shape index (κ2) is 7.23. The number of hydrogen-bond donors (Lipinski definition) is 2. The van der Waals surface area contributed by atoms with Gasteiger partial charge in [0.1, 0.15) is 6.04 Å². The van der Waals surface area contributed by atoms with Gasteiger partial charge in [-0.15, -0.1) is 11.3 Å². The van der Waals surface area contributed by atoms with Crippen LogP contribution in [0.2, 0.25) is 0 Å². The third-order valence-electron chi connectivity index (χ3n) is 2.58. The summed E-state index contributed by atoms with van der Waals surface area (Å²) in [7, 11) is 0. The van der Waals surface area contributed by atoms with Crippen molar-refractivity contribution in [2.75, 3.05) is 0 Å². The smallest absolute Gasteiger partial charge is 0.326 e. The first-order valence-electron chi connectivity index (χ1n) is 6.37. The Hall–Kier alpha value is -1.43. The molecule has 1 rings (SSSR count). The number of nitrogens with one attached hydrogen (secondary N) is 1. The molecule has 0 aliphatic carbocycles. The van der Waals surface area contributed by atoms with Gasteiger partial charge in [-0.1, -0.05) is 20.8 Å². The van der Waals surface area contributed by atoms with Crippen LogP contribution in [0.4, 0.5) is 0 Å². The predicted molar refractivity (Wildman–Crippen MR) is 74.2 cm³/mol. The van der Waals surface area contributed by atoms with Crippen molar-refractivity contribution < 1.29 is 14.7 Å². The summed E-state index contributed by atoms with van der Waals surface area (Å²) in [5.41, 5.74) is 0.702. The van der Waals surface area contributed by atoms with Gasteiger partial charge in [-0.2, -0.15) is 0 Å². The molecule has 0 radical (unpaired) electrons. The van der Waals surface area contributed by atoms with Crippen molar-refractivity contribution in [3.05, 3.63) is 16.1 Å². The summed E-state index contributed by atoms with van der Waals surface area (Å²) in [6.45, 7) is 5.86. The lowest BCUT2D eigenvalue weighted by molar-refractivity contribution is -0.142. The van der Waals surface area contributed by atoms with Gasteiger partial charge >= 0.3 is 5.97 Å². The second-order valence-electron chi connectivity index (χ2n) is 4.85. The molecule has 0 fully saturated rings. The van der Waals surface area contributed by atoms with Crippen LogP contribution in [0.3, 0.4) is 0 Å². The Morgan fingerprint density at radius 3 is 2.63 bits per heavy atom. The molecule has 19 heavy (non-hydrogen) atoms. The van der Waals surface area contributed by atoms with Crippen molar-refractivity contribution >= 4 is 23.2 Å². The molecular weight excluding hydrogens is 264 g/mol. The molecule has 6 heteroatoms. The molecule has 2 N–H and O–H groups in total. The van der Waals surface area contributed by atoms with Gasteiger partial charge < -0.3 is 10.4 Å². The fourth-order valence-electron chi connectivity index (χ4n) is 1.70. The number of nitrogens with zero attached hydrogens (tertiary/aromatic N) is 1. The van der Waals surface area contributed by atoms with Crippen molar-refractivity contribution in [3.63, 3.8) is 0 Å². The number of carbonyl (C=O) groups excluding carboxylic acids is 1. The van der Waals surface area contributed by atoms with E-state index in [1.165, 1.54) is 11.3 Å². The average molecular weight is 284 g/mol. The number of aliphatic carboxylic acids is 1. The van der Waals surface area contributed by atoms with Crippen molar-refractivity contribution in [2.45, 2.75) is 46.1 Å². The number of aryl methyl sites for hydroxylation is 1. The van der Waals surface area contributed by atoms with E-state index >= 15 is 0 Å². The molecule has 0 bridgehead atoms. The van der Waals surface area contributed by atoms with Crippen molar-refractivity contribution in [3.8, 4) is 0 Å². The molecule has 0 aromatic carbocycles. The Morgan fingerprint density at radius 1 is 1.47 bits per heavy atom. The fraction of sp³-hybridized carbons (Fsp3) is 0.615. The average Bonchev–Trinajstić information content (AvgIpc) is 2.75. The van der Waals surface area contributed by atoms with E-state index in [2.05, 4.69) is 10.3 Å². The van der Waals surface area contributed by atoms with Crippen LogP contribution < -0.4 is 5.32 Å². The summed E-state index contributed by atoms with van der Waals surface area (Å²) < 4.78 is 0. The molecule has 1 atom stereocenters. The molecule has 0 saturated heterocycles. The first-order chi connectivity index (χ1) is 8.92. The molecule has 1 heterocycles. The van der Waals surface area contributed by atoms with Crippen LogP contribution in [0.15, 0.2) is 5.38 Å². The third kappa shape index (κ3) is 5.38. The highest BCUT2D eigenvalue weighted by Gasteiger charge is 2.21. The lowest BCUT2D eigenvalue weighted by atomic mass is 10.0. The van der Waals surface area contributed by atoms with Crippen LogP contribution in [0, 0.1) is 5.92 Å². The standard InChI is InChI=1S/C13H20N2O3S/c1-4-12-14-9(7-19-12)6-11(16)15-10(13(17)18)5-8(2)3/h7-8,10H,4-6H2,1-3H3,(H,15,16)(H,17,18). The first-order valence-corrected chi connectivity index (χ1v) is 7.25. The van der Waals surface area contributed by atoms with Crippen LogP contribution in [0.25, 0.3) is 0 Å². The van der Waals surface area contributed by atoms with E-state index < -0.39 is 12.0 Å². The highest BCUT2D eigenvalue weighted by molar-refractivity contribution is 7.09. The Labute approximate surface area is 117 Å². The lowest BCUT2D eigenvalue weighted by Crippen LogP contribution is -2.42. The van der Waals surface area contributed by atoms with Gasteiger partial charge in [-0.25, -0.2) is 9.78 Å². The molecule has 0 aliphatic rings. The molecule has 0 saturated carbocycles. The monoisotopic (exact) mass is 284 g/mol. The van der Waals surface area contributed by atoms with Gasteiger partial charge in [0.05, 0.1) is 17.1 Å². The van der Waals surface area contributed by atoms with E-state index in [0.29, 0.717) is 12.1 Å². The summed E-state index contributed by atoms with van der Waals surface area (Å²) in [5.74, 6) is -1.07. The van der Waals surface area contributed by atoms with Crippen molar-refractivity contribution in [1.82, 2.24) is 10.3 Å². The Morgan fingerprint density at radius 2 is 2.16 bits per heavy atom. The van der Waals surface area contributed by atoms with E-state index in [1.54, 1.807) is 0 Å². The zero-order chi connectivity index (χ0) is 14.4. The van der Waals surface area contributed by atoms with Crippen LogP contribution in [-0.2, 0) is 22.4 Å². The molecule has 1 amide bonds. The molecule has 5 nitrogen and oxygen atoms in total. The van der Waals surface area contributed by atoms with Gasteiger partial charge in [0.2, 0.25) is 5.91 Å². The normalized spacial score (nSPS) is 12.4. The van der Waals surface area contributed by atoms with Crippen LogP contribution in [-0.4, -0.2) is 28.0 Å². The Bertz CT molecular complexity index is 443. The van der Waals surface area contributed by atoms with E-state index in [9.17, 15) is 9.59 Å². The highest BCUT2D eigenvalue weighted by atomic mass is 32.1. The van der Waals surface area contributed by atoms with Crippen LogP contribution in [0.1, 0.15) is 37.9 Å². The number of carboxylic acids is 1. The molecule has 1 aromatic rings. The lowest BCUT2D eigenvalue weighted by Gasteiger charge is -2.16. The van der Waals surface area contributed by atoms with Gasteiger partial charge in [0.25, 0.3) is 0 Å². The van der Waals surface area contributed by atoms with Gasteiger partial charge in [-0.3, -0.25) is 4.79 Å². The topological polar surface area (TPSA) is 79.3 Å². The minimum atomic E-state index is -0.991. The van der Waals surface area contributed by atoms with E-state index in [4.69, 9.17) is 5.11 Å². The summed E-state index contributed by atoms with van der Waals surface area (Å²) in [6, 6.07) is -0.822. The quantitative estimate of drug-likeness (QED) is 0.801. The zero-order valence-electron chi connectivity index (χ0n) is 11.5. The minimum absolute atomic E-state index is 0.137. The zero-order valence-corrected chi connectivity index (χ0v) is 12.3. The summed E-state index contributed by atoms with van der Waals surface area (Å²) in [6.07, 6.45) is 1.41. The number of carbonyl (C=O) groups is 2. The third-order valence-corrected chi connectivity index (χ3v) is 3.63. The number of hydrogen-bond acceptors (Lipinski definition) is 4. The molecule has 106 valence electrons. The molecule has 1 aromatic heterocycles. The maximum Gasteiger partial charge on any atom is 0.326 e. The summed E-state index contributed by atoms with van der Waals surface area (Å²) in [5, 5.41) is 14.4. The van der Waals surface area contributed by atoms with E-state index in [-0.39, 0.29) is 18.2 Å². The van der Waals surface area contributed by atoms with E-state index in [0.717, 1.165) is 11.4 Å². The van der Waals surface area contributed by atoms with Crippen LogP contribution >= 0.6 is 11.3 Å². The highest BCUT2D eigenvalue weighted by Crippen LogP contribution is 2.11. The van der Waals surface area contributed by atoms with Crippen LogP contribution in [0.5, 0.6) is 0 Å². The predicted octanol–water partition coefficient (Wildman–Crippen LogP) is 1.86. The summed E-state index contributed by atoms with van der Waals surface area (Å²) >= 11 is 1.52. The minimum Gasteiger partial charge on any atom is -0.480 e. The SMILES string of the molecule is CCc1nc(CC(=O)NC(CC(C)C)C(=O)O)cs1. The number of aromatic nitrogens is 1. The second-order valence-corrected chi connectivity index (χ2v) is 5.79. The summed E-state index contributed by atoms with van der Waals surface area (Å²) in [4.78, 5) is 27.1. The molecule has 0 spiro atoms. The molecular formula is C13H20N2O3S. The van der Waals surface area contributed by atoms with Crippen molar-refractivity contribution in [2.24, 2.45) is 5.92 Å². The van der Waals surface area contributed by atoms with Gasteiger partial charge in [0, 0.05) is 5.38 Å². The Balaban J connectivity index is 2.54. The van der Waals surface area contributed by atoms with Gasteiger partial charge in [-0.05, 0) is 18.8 Å². The van der Waals surface area contributed by atoms with Crippen molar-refractivity contribution in [1.29, 1.82) is 0 Å². The molecule has 0 aliphatic heterocycles. The number of carboxylic acid groups (broad SMARTS) is 1. The maximum absolute atomic E-state index is 11.8. The number of amides is 1. The molecule has 1 unspecified atom stereocenters. The maximum atomic E-state index is 11.8. The van der Waals surface area contributed by atoms with Gasteiger partial charge in [0.15, 0.2) is 0 Å². The fourth-order valence-corrected chi connectivity index (χ4v) is 2.44. The number of rotatable bonds is 7. The largest absolute Gasteiger partial charge is 0.480 e.